The van der Waals surface area contributed by atoms with Crippen LogP contribution < -0.4 is 0 Å². The van der Waals surface area contributed by atoms with Crippen LogP contribution >= 0.6 is 0 Å². The summed E-state index contributed by atoms with van der Waals surface area (Å²) in [6.07, 6.45) is 24.1. The summed E-state index contributed by atoms with van der Waals surface area (Å²) in [4.78, 5) is 0. The summed E-state index contributed by atoms with van der Waals surface area (Å²) >= 11 is 0. The van der Waals surface area contributed by atoms with Gasteiger partial charge in [-0.3, -0.25) is 0 Å². The maximum absolute atomic E-state index is 3.56. The first-order valence-electron chi connectivity index (χ1n) is 23.6. The molecular formula is C60H50. The van der Waals surface area contributed by atoms with E-state index < -0.39 is 0 Å². The van der Waals surface area contributed by atoms with E-state index in [0.29, 0.717) is 59.2 Å². The molecule has 0 aromatic carbocycles. The van der Waals surface area contributed by atoms with Crippen molar-refractivity contribution in [3.63, 3.8) is 0 Å². The Balaban J connectivity index is 1.18. The minimum atomic E-state index is 0.490. The number of allylic oxidation sites excluding steroid dienone is 10. The number of rotatable bonds is 0. The van der Waals surface area contributed by atoms with E-state index in [-0.39, 0.29) is 0 Å². The van der Waals surface area contributed by atoms with Crippen LogP contribution in [-0.4, -0.2) is 0 Å². The van der Waals surface area contributed by atoms with Gasteiger partial charge in [0.15, 0.2) is 0 Å². The van der Waals surface area contributed by atoms with Gasteiger partial charge >= 0.3 is 0 Å². The molecule has 0 amide bonds. The summed E-state index contributed by atoms with van der Waals surface area (Å²) in [5.74, 6) is 4.90. The normalized spacial score (nSPS) is 34.7. The van der Waals surface area contributed by atoms with Gasteiger partial charge in [-0.1, -0.05) is 57.3 Å². The molecule has 0 aliphatic heterocycles. The molecule has 15 saturated carbocycles. The topological polar surface area (TPSA) is 0 Å². The Morgan fingerprint density at radius 3 is 0.317 bits per heavy atom. The molecule has 0 atom stereocenters. The van der Waals surface area contributed by atoms with Crippen molar-refractivity contribution in [3.8, 4) is 0 Å². The fraction of sp³-hybridized carbons (Fsp3) is 0.500. The molecule has 60 heavy (non-hydrogen) atoms. The van der Waals surface area contributed by atoms with Crippen molar-refractivity contribution in [3.05, 3.63) is 170 Å². The zero-order chi connectivity index (χ0) is 39.8. The molecule has 290 valence electrons. The standard InChI is InChI=1S/C60H50/c1-2-12-52-42-25-27-44(28-26-42)54(52)14-5-6-16-56-46-33-35-48(36-34-46)58(56)18-9-10-20-60-50-39-37-49(38-40-50)59(60)19-8-7-17-57-47-31-29-45(30-32-47)55(57)15-4-3-13-53-43-23-21-41(22-24-43)51(53)11-1/h41-50H,21-40H2. The van der Waals surface area contributed by atoms with Gasteiger partial charge in [-0.2, -0.15) is 0 Å². The van der Waals surface area contributed by atoms with Gasteiger partial charge in [0.1, 0.15) is 0 Å². The van der Waals surface area contributed by atoms with Crippen molar-refractivity contribution < 1.29 is 0 Å². The van der Waals surface area contributed by atoms with Crippen molar-refractivity contribution in [2.75, 3.05) is 0 Å². The van der Waals surface area contributed by atoms with Gasteiger partial charge in [0, 0.05) is 55.7 Å². The average molecular weight is 771 g/mol. The van der Waals surface area contributed by atoms with Crippen molar-refractivity contribution in [2.45, 2.75) is 128 Å². The molecule has 16 aliphatic carbocycles. The lowest BCUT2D eigenvalue weighted by Gasteiger charge is -2.38. The molecule has 16 aliphatic rings. The second-order valence-corrected chi connectivity index (χ2v) is 19.4. The van der Waals surface area contributed by atoms with Gasteiger partial charge in [-0.25, -0.2) is 0 Å². The number of hydrogen-bond donors (Lipinski definition) is 0. The van der Waals surface area contributed by atoms with Crippen molar-refractivity contribution in [1.82, 2.24) is 0 Å². The molecule has 15 fully saturated rings. The molecule has 0 N–H and O–H groups in total. The highest BCUT2D eigenvalue weighted by Crippen LogP contribution is 2.51. The molecule has 16 rings (SSSR count). The maximum atomic E-state index is 3.56. The second-order valence-electron chi connectivity index (χ2n) is 19.4. The molecule has 0 heteroatoms. The predicted molar refractivity (Wildman–Crippen MR) is 233 cm³/mol. The molecule has 0 saturated heterocycles. The van der Waals surface area contributed by atoms with E-state index in [1.165, 1.54) is 184 Å². The van der Waals surface area contributed by atoms with Crippen molar-refractivity contribution in [1.29, 1.82) is 0 Å². The van der Waals surface area contributed by atoms with Crippen LogP contribution in [0.15, 0.2) is 170 Å². The van der Waals surface area contributed by atoms with E-state index in [1.807, 2.05) is 0 Å². The summed E-state index contributed by atoms with van der Waals surface area (Å²) in [6, 6.07) is 0. The highest BCUT2D eigenvalue weighted by molar-refractivity contribution is 5.43. The molecule has 0 heterocycles. The smallest absolute Gasteiger partial charge is 0.0180 e. The highest BCUT2D eigenvalue weighted by Gasteiger charge is 2.39. The van der Waals surface area contributed by atoms with Gasteiger partial charge in [0.2, 0.25) is 0 Å². The first-order chi connectivity index (χ1) is 29.7. The molecule has 0 spiro atoms. The van der Waals surface area contributed by atoms with Crippen LogP contribution in [-0.2, 0) is 0 Å². The van der Waals surface area contributed by atoms with Crippen LogP contribution in [0.2, 0.25) is 0 Å². The van der Waals surface area contributed by atoms with Gasteiger partial charge in [0.25, 0.3) is 0 Å². The molecule has 0 unspecified atom stereocenters. The molecule has 0 nitrogen and oxygen atoms in total. The van der Waals surface area contributed by atoms with E-state index in [4.69, 9.17) is 0 Å². The van der Waals surface area contributed by atoms with E-state index in [2.05, 4.69) is 115 Å². The molecule has 0 aromatic heterocycles. The fourth-order valence-corrected chi connectivity index (χ4v) is 13.2. The summed E-state index contributed by atoms with van der Waals surface area (Å²) < 4.78 is 0. The SMILES string of the molecule is C1=C=C=C2C(=C=C=C=C=C3C(=C=C=C=C=C4C(=C=C=C=C=C5C(=C=C=C=C=C6C(=C=1)C1CCC6CC1)C1CCC5CC1)C1CCC4CC1)C1CCC3CC1)C1CCC2CC1. The highest BCUT2D eigenvalue weighted by atomic mass is 14.4. The minimum Gasteiger partial charge on any atom is -0.0560 e. The Kier molecular flexibility index (Phi) is 10.2. The quantitative estimate of drug-likeness (QED) is 0.215. The Morgan fingerprint density at radius 1 is 0.150 bits per heavy atom. The lowest BCUT2D eigenvalue weighted by Crippen LogP contribution is -2.26. The maximum Gasteiger partial charge on any atom is 0.0180 e. The largest absolute Gasteiger partial charge is 0.0560 e. The van der Waals surface area contributed by atoms with Gasteiger partial charge in [-0.15, -0.1) is 0 Å². The lowest BCUT2D eigenvalue weighted by molar-refractivity contribution is 0.294. The second kappa shape index (κ2) is 16.4. The monoisotopic (exact) mass is 770 g/mol. The third-order valence-corrected chi connectivity index (χ3v) is 16.5. The first-order valence-corrected chi connectivity index (χ1v) is 23.6. The molecule has 10 bridgehead atoms. The molecule has 0 aromatic rings. The number of fused-ring (bicyclic) bond motifs is 10. The average Bonchev–Trinajstić information content (AvgIpc) is 3.31. The van der Waals surface area contributed by atoms with Crippen LogP contribution in [0.3, 0.4) is 0 Å². The van der Waals surface area contributed by atoms with Crippen LogP contribution in [0.1, 0.15) is 128 Å². The van der Waals surface area contributed by atoms with Crippen LogP contribution in [0.25, 0.3) is 0 Å². The van der Waals surface area contributed by atoms with Crippen LogP contribution in [0.5, 0.6) is 0 Å². The lowest BCUT2D eigenvalue weighted by atomic mass is 9.65. The Bertz CT molecular complexity index is 2230. The van der Waals surface area contributed by atoms with E-state index >= 15 is 0 Å². The Labute approximate surface area is 356 Å². The Morgan fingerprint density at radius 2 is 0.233 bits per heavy atom. The first kappa shape index (κ1) is 37.3. The molecule has 0 radical (unpaired) electrons. The van der Waals surface area contributed by atoms with E-state index in [1.54, 1.807) is 0 Å². The predicted octanol–water partition coefficient (Wildman–Crippen LogP) is 13.7. The summed E-state index contributed by atoms with van der Waals surface area (Å²) in [6.45, 7) is 0. The fourth-order valence-electron chi connectivity index (χ4n) is 13.2. The Hall–Kier alpha value is -5.70. The summed E-state index contributed by atoms with van der Waals surface area (Å²) in [5.41, 5.74) is 81.0. The van der Waals surface area contributed by atoms with Crippen molar-refractivity contribution in [2.24, 2.45) is 59.2 Å². The van der Waals surface area contributed by atoms with Crippen molar-refractivity contribution >= 4 is 0 Å². The third kappa shape index (κ3) is 7.09. The zero-order valence-corrected chi connectivity index (χ0v) is 34.9. The third-order valence-electron chi connectivity index (χ3n) is 16.5. The minimum absolute atomic E-state index is 0.490. The van der Waals surface area contributed by atoms with Crippen LogP contribution in [0, 0.1) is 59.2 Å². The summed E-state index contributed by atoms with van der Waals surface area (Å²) in [7, 11) is 0. The van der Waals surface area contributed by atoms with Gasteiger partial charge in [0.05, 0.1) is 0 Å². The van der Waals surface area contributed by atoms with Gasteiger partial charge < -0.3 is 0 Å². The van der Waals surface area contributed by atoms with E-state index in [9.17, 15) is 0 Å². The van der Waals surface area contributed by atoms with E-state index in [0.717, 1.165) is 0 Å². The summed E-state index contributed by atoms with van der Waals surface area (Å²) in [5, 5.41) is 0. The zero-order valence-electron chi connectivity index (χ0n) is 34.9. The number of hydrogen-bond acceptors (Lipinski definition) is 0. The van der Waals surface area contributed by atoms with Gasteiger partial charge in [-0.05, 0) is 245 Å². The van der Waals surface area contributed by atoms with Crippen LogP contribution in [0.4, 0.5) is 0 Å². The molecular weight excluding hydrogens is 721 g/mol.